The molecule has 5 nitrogen and oxygen atoms in total. The van der Waals surface area contributed by atoms with Crippen molar-refractivity contribution in [2.24, 2.45) is 11.1 Å². The number of carbonyl (C=O) groups excluding carboxylic acids is 1. The van der Waals surface area contributed by atoms with Crippen molar-refractivity contribution in [3.63, 3.8) is 0 Å². The minimum absolute atomic E-state index is 0.202. The lowest BCUT2D eigenvalue weighted by molar-refractivity contribution is -0.385. The Morgan fingerprint density at radius 1 is 1.35 bits per heavy atom. The van der Waals surface area contributed by atoms with Crippen LogP contribution in [0.1, 0.15) is 25.0 Å². The van der Waals surface area contributed by atoms with Crippen LogP contribution in [-0.4, -0.2) is 10.8 Å². The van der Waals surface area contributed by atoms with Gasteiger partial charge < -0.3 is 5.73 Å². The van der Waals surface area contributed by atoms with Crippen molar-refractivity contribution < 1.29 is 22.9 Å². The molecule has 1 aromatic rings. The Kier molecular flexibility index (Phi) is 4.07. The van der Waals surface area contributed by atoms with E-state index in [0.29, 0.717) is 6.07 Å². The molecular formula is C12H13F3N2O3. The molecule has 1 aromatic carbocycles. The molecule has 8 heteroatoms. The maximum atomic E-state index is 12.9. The first-order valence-corrected chi connectivity index (χ1v) is 5.59. The van der Waals surface area contributed by atoms with Crippen LogP contribution < -0.4 is 5.73 Å². The molecule has 0 unspecified atom stereocenters. The molecule has 0 spiro atoms. The van der Waals surface area contributed by atoms with Crippen molar-refractivity contribution in [3.05, 3.63) is 39.4 Å². The summed E-state index contributed by atoms with van der Waals surface area (Å²) in [5.74, 6) is -0.746. The van der Waals surface area contributed by atoms with E-state index in [1.54, 1.807) is 0 Å². The van der Waals surface area contributed by atoms with Gasteiger partial charge in [0, 0.05) is 17.5 Å². The quantitative estimate of drug-likeness (QED) is 0.683. The SMILES string of the molecule is CC(C)(Cc1ccc([N+](=O)[O-])cc1C(F)(F)F)C(N)=O. The Bertz CT molecular complexity index is 553. The van der Waals surface area contributed by atoms with E-state index in [4.69, 9.17) is 5.73 Å². The second kappa shape index (κ2) is 5.10. The fraction of sp³-hybridized carbons (Fsp3) is 0.417. The number of halogens is 3. The Labute approximate surface area is 112 Å². The zero-order valence-corrected chi connectivity index (χ0v) is 10.8. The normalized spacial score (nSPS) is 12.2. The van der Waals surface area contributed by atoms with Crippen LogP contribution in [0.5, 0.6) is 0 Å². The summed E-state index contributed by atoms with van der Waals surface area (Å²) in [5.41, 5.74) is 1.96. The number of non-ortho nitro benzene ring substituents is 1. The van der Waals surface area contributed by atoms with E-state index in [1.807, 2.05) is 0 Å². The van der Waals surface area contributed by atoms with Gasteiger partial charge in [-0.2, -0.15) is 13.2 Å². The maximum Gasteiger partial charge on any atom is 0.416 e. The number of alkyl halides is 3. The van der Waals surface area contributed by atoms with Crippen LogP contribution in [0.4, 0.5) is 18.9 Å². The first kappa shape index (κ1) is 15.9. The third kappa shape index (κ3) is 3.46. The fourth-order valence-electron chi connectivity index (χ4n) is 1.66. The molecule has 110 valence electrons. The molecule has 0 heterocycles. The molecular weight excluding hydrogens is 277 g/mol. The molecule has 2 N–H and O–H groups in total. The summed E-state index contributed by atoms with van der Waals surface area (Å²) in [6, 6.07) is 2.44. The summed E-state index contributed by atoms with van der Waals surface area (Å²) in [6.45, 7) is 2.83. The number of carbonyl (C=O) groups is 1. The van der Waals surface area contributed by atoms with Gasteiger partial charge in [-0.3, -0.25) is 14.9 Å². The number of nitrogens with zero attached hydrogens (tertiary/aromatic N) is 1. The molecule has 0 aromatic heterocycles. The van der Waals surface area contributed by atoms with Crippen molar-refractivity contribution in [1.29, 1.82) is 0 Å². The second-order valence-corrected chi connectivity index (χ2v) is 5.02. The van der Waals surface area contributed by atoms with Gasteiger partial charge in [-0.05, 0) is 12.0 Å². The highest BCUT2D eigenvalue weighted by Gasteiger charge is 2.37. The van der Waals surface area contributed by atoms with Gasteiger partial charge in [-0.15, -0.1) is 0 Å². The molecule has 0 aliphatic rings. The molecule has 1 amide bonds. The Morgan fingerprint density at radius 3 is 2.30 bits per heavy atom. The lowest BCUT2D eigenvalue weighted by Gasteiger charge is -2.22. The van der Waals surface area contributed by atoms with Gasteiger partial charge in [-0.1, -0.05) is 19.9 Å². The van der Waals surface area contributed by atoms with E-state index in [2.05, 4.69) is 0 Å². The second-order valence-electron chi connectivity index (χ2n) is 5.02. The topological polar surface area (TPSA) is 86.2 Å². The van der Waals surface area contributed by atoms with E-state index in [9.17, 15) is 28.1 Å². The molecule has 0 saturated carbocycles. The molecule has 0 aliphatic heterocycles. The molecule has 20 heavy (non-hydrogen) atoms. The summed E-state index contributed by atoms with van der Waals surface area (Å²) >= 11 is 0. The molecule has 0 atom stereocenters. The highest BCUT2D eigenvalue weighted by molar-refractivity contribution is 5.80. The number of nitro benzene ring substituents is 1. The van der Waals surface area contributed by atoms with E-state index < -0.39 is 33.7 Å². The van der Waals surface area contributed by atoms with E-state index in [1.165, 1.54) is 13.8 Å². The summed E-state index contributed by atoms with van der Waals surface area (Å²) in [6.07, 6.45) is -5.00. The minimum Gasteiger partial charge on any atom is -0.369 e. The monoisotopic (exact) mass is 290 g/mol. The lowest BCUT2D eigenvalue weighted by atomic mass is 9.83. The van der Waals surface area contributed by atoms with Crippen LogP contribution in [0, 0.1) is 15.5 Å². The third-order valence-electron chi connectivity index (χ3n) is 2.91. The van der Waals surface area contributed by atoms with E-state index in [-0.39, 0.29) is 12.0 Å². The summed E-state index contributed by atoms with van der Waals surface area (Å²) in [7, 11) is 0. The van der Waals surface area contributed by atoms with Crippen molar-refractivity contribution in [3.8, 4) is 0 Å². The van der Waals surface area contributed by atoms with Crippen molar-refractivity contribution in [2.45, 2.75) is 26.4 Å². The number of hydrogen-bond donors (Lipinski definition) is 1. The Hall–Kier alpha value is -2.12. The Morgan fingerprint density at radius 2 is 1.90 bits per heavy atom. The number of benzene rings is 1. The molecule has 1 rings (SSSR count). The lowest BCUT2D eigenvalue weighted by Crippen LogP contribution is -2.34. The van der Waals surface area contributed by atoms with Crippen LogP contribution >= 0.6 is 0 Å². The van der Waals surface area contributed by atoms with Crippen molar-refractivity contribution >= 4 is 11.6 Å². The number of rotatable bonds is 4. The highest BCUT2D eigenvalue weighted by atomic mass is 19.4. The number of nitrogens with two attached hydrogens (primary N) is 1. The van der Waals surface area contributed by atoms with E-state index >= 15 is 0 Å². The van der Waals surface area contributed by atoms with Crippen LogP contribution in [0.25, 0.3) is 0 Å². The van der Waals surface area contributed by atoms with Gasteiger partial charge in [0.25, 0.3) is 5.69 Å². The van der Waals surface area contributed by atoms with Crippen LogP contribution in [-0.2, 0) is 17.4 Å². The number of primary amides is 1. The highest BCUT2D eigenvalue weighted by Crippen LogP contribution is 2.36. The predicted molar refractivity (Wildman–Crippen MR) is 64.8 cm³/mol. The van der Waals surface area contributed by atoms with Crippen molar-refractivity contribution in [2.75, 3.05) is 0 Å². The number of hydrogen-bond acceptors (Lipinski definition) is 3. The van der Waals surface area contributed by atoms with Gasteiger partial charge in [0.05, 0.1) is 10.5 Å². The predicted octanol–water partition coefficient (Wildman–Crippen LogP) is 2.67. The first-order chi connectivity index (χ1) is 8.95. The summed E-state index contributed by atoms with van der Waals surface area (Å²) in [5, 5.41) is 10.5. The van der Waals surface area contributed by atoms with Crippen molar-refractivity contribution in [1.82, 2.24) is 0 Å². The zero-order valence-electron chi connectivity index (χ0n) is 10.8. The average molecular weight is 290 g/mol. The van der Waals surface area contributed by atoms with Gasteiger partial charge >= 0.3 is 6.18 Å². The summed E-state index contributed by atoms with van der Waals surface area (Å²) < 4.78 is 38.8. The molecule has 0 saturated heterocycles. The Balaban J connectivity index is 3.33. The van der Waals surface area contributed by atoms with Gasteiger partial charge in [0.15, 0.2) is 0 Å². The smallest absolute Gasteiger partial charge is 0.369 e. The average Bonchev–Trinajstić information content (AvgIpc) is 2.26. The number of nitro groups is 1. The third-order valence-corrected chi connectivity index (χ3v) is 2.91. The maximum absolute atomic E-state index is 12.9. The van der Waals surface area contributed by atoms with E-state index in [0.717, 1.165) is 12.1 Å². The molecule has 0 aliphatic carbocycles. The molecule has 0 bridgehead atoms. The van der Waals surface area contributed by atoms with Gasteiger partial charge in [0.2, 0.25) is 5.91 Å². The van der Waals surface area contributed by atoms with Gasteiger partial charge in [0.1, 0.15) is 0 Å². The first-order valence-electron chi connectivity index (χ1n) is 5.59. The number of amides is 1. The standard InChI is InChI=1S/C12H13F3N2O3/c1-11(2,10(16)18)6-7-3-4-8(17(19)20)5-9(7)12(13,14)15/h3-5H,6H2,1-2H3,(H2,16,18). The van der Waals surface area contributed by atoms with Crippen LogP contribution in [0.15, 0.2) is 18.2 Å². The summed E-state index contributed by atoms with van der Waals surface area (Å²) in [4.78, 5) is 20.8. The minimum atomic E-state index is -4.74. The fourth-order valence-corrected chi connectivity index (χ4v) is 1.66. The molecule has 0 radical (unpaired) electrons. The van der Waals surface area contributed by atoms with Crippen LogP contribution in [0.2, 0.25) is 0 Å². The molecule has 0 fully saturated rings. The zero-order chi connectivity index (χ0) is 15.7. The largest absolute Gasteiger partial charge is 0.416 e. The van der Waals surface area contributed by atoms with Gasteiger partial charge in [-0.25, -0.2) is 0 Å². The van der Waals surface area contributed by atoms with Crippen LogP contribution in [0.3, 0.4) is 0 Å².